The molecule has 1 aromatic rings. The van der Waals surface area contributed by atoms with Gasteiger partial charge < -0.3 is 12.6 Å². The lowest BCUT2D eigenvalue weighted by Crippen LogP contribution is -1.85. The van der Waals surface area contributed by atoms with Crippen molar-refractivity contribution >= 4 is 12.6 Å². The highest BCUT2D eigenvalue weighted by Gasteiger charge is 1.93. The molecule has 0 aliphatic heterocycles. The monoisotopic (exact) mass is 151 g/mol. The van der Waals surface area contributed by atoms with Crippen LogP contribution in [-0.2, 0) is 12.6 Å². The Balaban J connectivity index is 2.89. The van der Waals surface area contributed by atoms with Crippen LogP contribution in [0.3, 0.4) is 0 Å². The molecule has 0 aromatic heterocycles. The first kappa shape index (κ1) is 7.55. The Hall–Kier alpha value is -0.560. The van der Waals surface area contributed by atoms with Crippen LogP contribution in [0.25, 0.3) is 0 Å². The highest BCUT2D eigenvalue weighted by atomic mass is 32.1. The largest absolute Gasteiger partial charge is 0.780 e. The van der Waals surface area contributed by atoms with E-state index in [1.165, 1.54) is 5.56 Å². The minimum Gasteiger partial charge on any atom is -0.780 e. The number of benzene rings is 1. The molecule has 0 aliphatic rings. The molecular formula is C9H11S-. The van der Waals surface area contributed by atoms with Gasteiger partial charge in [-0.1, -0.05) is 38.1 Å². The summed E-state index contributed by atoms with van der Waals surface area (Å²) in [5.41, 5.74) is 1.36. The van der Waals surface area contributed by atoms with Crippen LogP contribution >= 0.6 is 0 Å². The van der Waals surface area contributed by atoms with Crippen LogP contribution < -0.4 is 0 Å². The molecule has 0 nitrogen and oxygen atoms in total. The quantitative estimate of drug-likeness (QED) is 0.556. The van der Waals surface area contributed by atoms with Crippen molar-refractivity contribution in [1.82, 2.24) is 0 Å². The molecule has 0 aliphatic carbocycles. The van der Waals surface area contributed by atoms with E-state index in [1.54, 1.807) is 0 Å². The summed E-state index contributed by atoms with van der Waals surface area (Å²) in [4.78, 5) is 0.921. The average Bonchev–Trinajstić information content (AvgIpc) is 1.88. The molecule has 54 valence electrons. The van der Waals surface area contributed by atoms with Crippen molar-refractivity contribution in [2.75, 3.05) is 0 Å². The molecule has 0 radical (unpaired) electrons. The highest BCUT2D eigenvalue weighted by Crippen LogP contribution is 2.13. The highest BCUT2D eigenvalue weighted by molar-refractivity contribution is 7.58. The SMILES string of the molecule is CC(C)c1ccc([S-])cc1. The normalized spacial score (nSPS) is 10.3. The van der Waals surface area contributed by atoms with Gasteiger partial charge in [0.2, 0.25) is 0 Å². The third-order valence-corrected chi connectivity index (χ3v) is 1.82. The van der Waals surface area contributed by atoms with Crippen LogP contribution in [-0.4, -0.2) is 0 Å². The smallest absolute Gasteiger partial charge is 0.0219 e. The molecule has 0 heterocycles. The van der Waals surface area contributed by atoms with Gasteiger partial charge in [0, 0.05) is 0 Å². The van der Waals surface area contributed by atoms with Crippen molar-refractivity contribution in [2.24, 2.45) is 0 Å². The van der Waals surface area contributed by atoms with Crippen molar-refractivity contribution in [3.8, 4) is 0 Å². The molecule has 1 aromatic carbocycles. The topological polar surface area (TPSA) is 0 Å². The molecule has 0 unspecified atom stereocenters. The van der Waals surface area contributed by atoms with E-state index in [0.29, 0.717) is 5.92 Å². The minimum atomic E-state index is 0.607. The Morgan fingerprint density at radius 3 is 2.00 bits per heavy atom. The summed E-state index contributed by atoms with van der Waals surface area (Å²) in [5.74, 6) is 0.607. The third-order valence-electron chi connectivity index (χ3n) is 1.55. The molecule has 0 atom stereocenters. The van der Waals surface area contributed by atoms with E-state index in [9.17, 15) is 0 Å². The third kappa shape index (κ3) is 1.71. The molecule has 0 fully saturated rings. The fourth-order valence-corrected chi connectivity index (χ4v) is 0.989. The van der Waals surface area contributed by atoms with Gasteiger partial charge >= 0.3 is 0 Å². The summed E-state index contributed by atoms with van der Waals surface area (Å²) in [6.07, 6.45) is 0. The van der Waals surface area contributed by atoms with Crippen LogP contribution in [0.4, 0.5) is 0 Å². The molecule has 1 heteroatoms. The Labute approximate surface area is 67.7 Å². The number of hydrogen-bond acceptors (Lipinski definition) is 1. The van der Waals surface area contributed by atoms with Crippen LogP contribution in [0.2, 0.25) is 0 Å². The second-order valence-electron chi connectivity index (χ2n) is 2.72. The van der Waals surface area contributed by atoms with Crippen LogP contribution in [0.5, 0.6) is 0 Å². The van der Waals surface area contributed by atoms with E-state index in [4.69, 9.17) is 12.6 Å². The molecular weight excluding hydrogens is 140 g/mol. The average molecular weight is 151 g/mol. The summed E-state index contributed by atoms with van der Waals surface area (Å²) in [6.45, 7) is 4.36. The van der Waals surface area contributed by atoms with E-state index in [0.717, 1.165) is 4.90 Å². The van der Waals surface area contributed by atoms with Gasteiger partial charge in [-0.3, -0.25) is 0 Å². The second-order valence-corrected chi connectivity index (χ2v) is 3.20. The molecule has 0 spiro atoms. The molecule has 1 rings (SSSR count). The zero-order chi connectivity index (χ0) is 7.56. The van der Waals surface area contributed by atoms with Crippen molar-refractivity contribution in [1.29, 1.82) is 0 Å². The number of rotatable bonds is 1. The van der Waals surface area contributed by atoms with Gasteiger partial charge in [0.15, 0.2) is 0 Å². The Bertz CT molecular complexity index is 198. The summed E-state index contributed by atoms with van der Waals surface area (Å²) >= 11 is 4.96. The lowest BCUT2D eigenvalue weighted by atomic mass is 10.0. The summed E-state index contributed by atoms with van der Waals surface area (Å²) in [5, 5.41) is 0. The molecule has 0 saturated heterocycles. The molecule has 10 heavy (non-hydrogen) atoms. The summed E-state index contributed by atoms with van der Waals surface area (Å²) in [7, 11) is 0. The van der Waals surface area contributed by atoms with Crippen LogP contribution in [0.1, 0.15) is 25.3 Å². The van der Waals surface area contributed by atoms with Gasteiger partial charge in [-0.05, 0) is 11.5 Å². The number of hydrogen-bond donors (Lipinski definition) is 0. The fraction of sp³-hybridized carbons (Fsp3) is 0.333. The summed E-state index contributed by atoms with van der Waals surface area (Å²) < 4.78 is 0. The first-order valence-electron chi connectivity index (χ1n) is 3.47. The van der Waals surface area contributed by atoms with Crippen LogP contribution in [0.15, 0.2) is 29.2 Å². The maximum atomic E-state index is 4.96. The van der Waals surface area contributed by atoms with Gasteiger partial charge in [0.1, 0.15) is 0 Å². The fourth-order valence-electron chi connectivity index (χ4n) is 0.853. The molecule has 0 N–H and O–H groups in total. The lowest BCUT2D eigenvalue weighted by Gasteiger charge is -2.08. The Kier molecular flexibility index (Phi) is 2.28. The lowest BCUT2D eigenvalue weighted by molar-refractivity contribution is 0.865. The molecule has 0 saturated carbocycles. The maximum Gasteiger partial charge on any atom is -0.0219 e. The maximum absolute atomic E-state index is 4.96. The van der Waals surface area contributed by atoms with Crippen molar-refractivity contribution in [3.63, 3.8) is 0 Å². The van der Waals surface area contributed by atoms with E-state index >= 15 is 0 Å². The summed E-state index contributed by atoms with van der Waals surface area (Å²) in [6, 6.07) is 8.13. The molecule has 0 bridgehead atoms. The zero-order valence-electron chi connectivity index (χ0n) is 6.29. The van der Waals surface area contributed by atoms with Crippen molar-refractivity contribution in [2.45, 2.75) is 24.7 Å². The van der Waals surface area contributed by atoms with Crippen molar-refractivity contribution in [3.05, 3.63) is 29.8 Å². The first-order chi connectivity index (χ1) is 4.70. The first-order valence-corrected chi connectivity index (χ1v) is 3.88. The Morgan fingerprint density at radius 2 is 1.60 bits per heavy atom. The van der Waals surface area contributed by atoms with Crippen molar-refractivity contribution < 1.29 is 0 Å². The van der Waals surface area contributed by atoms with E-state index in [2.05, 4.69) is 26.0 Å². The van der Waals surface area contributed by atoms with Gasteiger partial charge in [-0.25, -0.2) is 0 Å². The van der Waals surface area contributed by atoms with Gasteiger partial charge in [-0.15, -0.1) is 0 Å². The predicted octanol–water partition coefficient (Wildman–Crippen LogP) is 2.72. The van der Waals surface area contributed by atoms with Gasteiger partial charge in [0.25, 0.3) is 0 Å². The van der Waals surface area contributed by atoms with E-state index in [-0.39, 0.29) is 0 Å². The Morgan fingerprint density at radius 1 is 1.10 bits per heavy atom. The van der Waals surface area contributed by atoms with Gasteiger partial charge in [-0.2, -0.15) is 4.90 Å². The standard InChI is InChI=1S/C9H12S/c1-7(2)8-3-5-9(10)6-4-8/h3-7,10H,1-2H3/p-1. The van der Waals surface area contributed by atoms with E-state index < -0.39 is 0 Å². The van der Waals surface area contributed by atoms with Crippen LogP contribution in [0, 0.1) is 0 Å². The molecule has 0 amide bonds. The predicted molar refractivity (Wildman–Crippen MR) is 46.2 cm³/mol. The second kappa shape index (κ2) is 3.02. The zero-order valence-corrected chi connectivity index (χ0v) is 7.11. The van der Waals surface area contributed by atoms with Gasteiger partial charge in [0.05, 0.1) is 0 Å². The minimum absolute atomic E-state index is 0.607. The van der Waals surface area contributed by atoms with E-state index in [1.807, 2.05) is 12.1 Å².